The van der Waals surface area contributed by atoms with Crippen LogP contribution < -0.4 is 10.0 Å². The first-order chi connectivity index (χ1) is 15.2. The van der Waals surface area contributed by atoms with E-state index in [2.05, 4.69) is 10.0 Å². The maximum absolute atomic E-state index is 13.0. The number of anilines is 2. The van der Waals surface area contributed by atoms with Crippen molar-refractivity contribution in [3.63, 3.8) is 0 Å². The van der Waals surface area contributed by atoms with E-state index in [1.807, 2.05) is 25.1 Å². The molecule has 3 aromatic rings. The summed E-state index contributed by atoms with van der Waals surface area (Å²) in [5, 5.41) is 11.9. The van der Waals surface area contributed by atoms with Crippen LogP contribution in [0.5, 0.6) is 0 Å². The van der Waals surface area contributed by atoms with Gasteiger partial charge in [-0.1, -0.05) is 59.6 Å². The van der Waals surface area contributed by atoms with Gasteiger partial charge in [0.2, 0.25) is 0 Å². The average Bonchev–Trinajstić information content (AvgIpc) is 2.76. The number of sulfonamides is 1. The second-order valence-corrected chi connectivity index (χ2v) is 9.16. The summed E-state index contributed by atoms with van der Waals surface area (Å²) in [5.74, 6) is -0.663. The molecule has 0 fully saturated rings. The van der Waals surface area contributed by atoms with Crippen molar-refractivity contribution in [2.45, 2.75) is 18.7 Å². The Kier molecular flexibility index (Phi) is 6.98. The summed E-state index contributed by atoms with van der Waals surface area (Å²) >= 11 is 6.15. The fourth-order valence-corrected chi connectivity index (χ4v) is 4.64. The normalized spacial score (nSPS) is 11.5. The van der Waals surface area contributed by atoms with E-state index in [9.17, 15) is 18.5 Å². The van der Waals surface area contributed by atoms with E-state index in [1.165, 1.54) is 24.3 Å². The van der Waals surface area contributed by atoms with Crippen LogP contribution in [0.25, 0.3) is 6.08 Å². The van der Waals surface area contributed by atoms with E-state index in [0.29, 0.717) is 11.3 Å². The molecular formula is C24H20ClN3O3S. The third-order valence-corrected chi connectivity index (χ3v) is 6.43. The SMILES string of the molecule is Cc1ccc(NS(=O)(=O)c2cc(NC(=O)C(C#N)=Cc3ccccc3)ccc2Cl)c(C)c1. The topological polar surface area (TPSA) is 99.1 Å². The van der Waals surface area contributed by atoms with Crippen LogP contribution in [0.2, 0.25) is 5.02 Å². The lowest BCUT2D eigenvalue weighted by Gasteiger charge is -2.13. The molecule has 0 aliphatic rings. The van der Waals surface area contributed by atoms with Gasteiger partial charge in [-0.2, -0.15) is 5.26 Å². The minimum atomic E-state index is -4.02. The molecule has 3 aromatic carbocycles. The number of carbonyl (C=O) groups excluding carboxylic acids is 1. The number of amides is 1. The molecule has 162 valence electrons. The molecule has 0 atom stereocenters. The van der Waals surface area contributed by atoms with Crippen LogP contribution in [-0.4, -0.2) is 14.3 Å². The number of rotatable bonds is 6. The van der Waals surface area contributed by atoms with Crippen LogP contribution in [0.1, 0.15) is 16.7 Å². The first-order valence-corrected chi connectivity index (χ1v) is 11.4. The molecule has 0 aliphatic carbocycles. The summed E-state index contributed by atoms with van der Waals surface area (Å²) in [6, 6.07) is 20.2. The number of halogens is 1. The van der Waals surface area contributed by atoms with Gasteiger partial charge < -0.3 is 5.32 Å². The van der Waals surface area contributed by atoms with E-state index in [0.717, 1.165) is 11.1 Å². The maximum atomic E-state index is 13.0. The van der Waals surface area contributed by atoms with Gasteiger partial charge in [-0.15, -0.1) is 0 Å². The highest BCUT2D eigenvalue weighted by Gasteiger charge is 2.20. The summed E-state index contributed by atoms with van der Waals surface area (Å²) in [7, 11) is -4.02. The van der Waals surface area contributed by atoms with Gasteiger partial charge in [0.1, 0.15) is 16.5 Å². The molecule has 8 heteroatoms. The Morgan fingerprint density at radius 3 is 2.41 bits per heavy atom. The molecule has 32 heavy (non-hydrogen) atoms. The van der Waals surface area contributed by atoms with Crippen molar-refractivity contribution in [3.05, 3.63) is 94.0 Å². The van der Waals surface area contributed by atoms with E-state index in [-0.39, 0.29) is 21.2 Å². The van der Waals surface area contributed by atoms with Crippen LogP contribution in [-0.2, 0) is 14.8 Å². The Hall–Kier alpha value is -3.60. The van der Waals surface area contributed by atoms with Crippen molar-refractivity contribution in [1.82, 2.24) is 0 Å². The summed E-state index contributed by atoms with van der Waals surface area (Å²) in [4.78, 5) is 12.4. The van der Waals surface area contributed by atoms with Crippen molar-refractivity contribution >= 4 is 45.0 Å². The largest absolute Gasteiger partial charge is 0.321 e. The van der Waals surface area contributed by atoms with Crippen LogP contribution in [0.15, 0.2) is 77.2 Å². The zero-order valence-corrected chi connectivity index (χ0v) is 19.0. The number of nitrogens with zero attached hydrogens (tertiary/aromatic N) is 1. The van der Waals surface area contributed by atoms with E-state index >= 15 is 0 Å². The van der Waals surface area contributed by atoms with Crippen molar-refractivity contribution in [2.75, 3.05) is 10.0 Å². The molecule has 3 rings (SSSR count). The van der Waals surface area contributed by atoms with Crippen LogP contribution in [0, 0.1) is 25.2 Å². The lowest BCUT2D eigenvalue weighted by molar-refractivity contribution is -0.112. The van der Waals surface area contributed by atoms with Crippen LogP contribution in [0.3, 0.4) is 0 Å². The number of hydrogen-bond acceptors (Lipinski definition) is 4. The highest BCUT2D eigenvalue weighted by Crippen LogP contribution is 2.28. The second-order valence-electron chi connectivity index (χ2n) is 7.10. The zero-order chi connectivity index (χ0) is 23.3. The van der Waals surface area contributed by atoms with Crippen molar-refractivity contribution in [1.29, 1.82) is 5.26 Å². The molecule has 6 nitrogen and oxygen atoms in total. The fraction of sp³-hybridized carbons (Fsp3) is 0.0833. The lowest BCUT2D eigenvalue weighted by atomic mass is 10.1. The van der Waals surface area contributed by atoms with Gasteiger partial charge in [0, 0.05) is 5.69 Å². The number of hydrogen-bond donors (Lipinski definition) is 2. The number of carbonyl (C=O) groups is 1. The Labute approximate surface area is 192 Å². The van der Waals surface area contributed by atoms with Crippen LogP contribution in [0.4, 0.5) is 11.4 Å². The van der Waals surface area contributed by atoms with Crippen molar-refractivity contribution < 1.29 is 13.2 Å². The summed E-state index contributed by atoms with van der Waals surface area (Å²) < 4.78 is 28.4. The van der Waals surface area contributed by atoms with Gasteiger partial charge in [0.05, 0.1) is 10.7 Å². The van der Waals surface area contributed by atoms with E-state index < -0.39 is 15.9 Å². The monoisotopic (exact) mass is 465 g/mol. The summed E-state index contributed by atoms with van der Waals surface area (Å²) in [6.45, 7) is 3.71. The number of benzene rings is 3. The Morgan fingerprint density at radius 2 is 1.75 bits per heavy atom. The first kappa shape index (κ1) is 23.1. The first-order valence-electron chi connectivity index (χ1n) is 9.57. The lowest BCUT2D eigenvalue weighted by Crippen LogP contribution is -2.16. The molecule has 0 bridgehead atoms. The molecular weight excluding hydrogens is 446 g/mol. The van der Waals surface area contributed by atoms with Gasteiger partial charge >= 0.3 is 0 Å². The van der Waals surface area contributed by atoms with E-state index in [1.54, 1.807) is 43.3 Å². The molecule has 0 unspecified atom stereocenters. The summed E-state index contributed by atoms with van der Waals surface area (Å²) in [6.07, 6.45) is 1.45. The molecule has 0 spiro atoms. The highest BCUT2D eigenvalue weighted by atomic mass is 35.5. The number of nitrogens with one attached hydrogen (secondary N) is 2. The second kappa shape index (κ2) is 9.69. The van der Waals surface area contributed by atoms with Gasteiger partial charge in [0.25, 0.3) is 15.9 Å². The third kappa shape index (κ3) is 5.55. The average molecular weight is 466 g/mol. The Bertz CT molecular complexity index is 1340. The maximum Gasteiger partial charge on any atom is 0.266 e. The Morgan fingerprint density at radius 1 is 1.03 bits per heavy atom. The predicted molar refractivity (Wildman–Crippen MR) is 127 cm³/mol. The van der Waals surface area contributed by atoms with E-state index in [4.69, 9.17) is 11.6 Å². The minimum absolute atomic E-state index is 0.000554. The third-order valence-electron chi connectivity index (χ3n) is 4.58. The van der Waals surface area contributed by atoms with Gasteiger partial charge in [-0.3, -0.25) is 9.52 Å². The molecule has 0 saturated heterocycles. The molecule has 0 radical (unpaired) electrons. The quantitative estimate of drug-likeness (QED) is 0.381. The van der Waals surface area contributed by atoms with Gasteiger partial charge in [-0.25, -0.2) is 8.42 Å². The smallest absolute Gasteiger partial charge is 0.266 e. The predicted octanol–water partition coefficient (Wildman–Crippen LogP) is 5.30. The van der Waals surface area contributed by atoms with Crippen molar-refractivity contribution in [2.24, 2.45) is 0 Å². The molecule has 0 aliphatic heterocycles. The number of nitriles is 1. The Balaban J connectivity index is 1.87. The van der Waals surface area contributed by atoms with Gasteiger partial charge in [-0.05, 0) is 55.3 Å². The standard InChI is InChI=1S/C24H20ClN3O3S/c1-16-8-11-22(17(2)12-16)28-32(30,31)23-14-20(9-10-21(23)25)27-24(29)19(15-26)13-18-6-4-3-5-7-18/h3-14,28H,1-2H3,(H,27,29). The number of aryl methyl sites for hydroxylation is 2. The molecule has 2 N–H and O–H groups in total. The fourth-order valence-electron chi connectivity index (χ4n) is 2.98. The molecule has 0 saturated carbocycles. The molecule has 0 aromatic heterocycles. The zero-order valence-electron chi connectivity index (χ0n) is 17.4. The van der Waals surface area contributed by atoms with Crippen LogP contribution >= 0.6 is 11.6 Å². The molecule has 0 heterocycles. The van der Waals surface area contributed by atoms with Gasteiger partial charge in [0.15, 0.2) is 0 Å². The van der Waals surface area contributed by atoms with Crippen molar-refractivity contribution in [3.8, 4) is 6.07 Å². The summed E-state index contributed by atoms with van der Waals surface area (Å²) in [5.41, 5.74) is 2.96. The molecule has 1 amide bonds. The minimum Gasteiger partial charge on any atom is -0.321 e. The highest BCUT2D eigenvalue weighted by molar-refractivity contribution is 7.92.